The van der Waals surface area contributed by atoms with Crippen LogP contribution in [0.5, 0.6) is 0 Å². The molecule has 1 aromatic carbocycles. The zero-order valence-electron chi connectivity index (χ0n) is 16.9. The quantitative estimate of drug-likeness (QED) is 0.598. The molecule has 8 nitrogen and oxygen atoms in total. The van der Waals surface area contributed by atoms with E-state index in [1.165, 1.54) is 26.5 Å². The van der Waals surface area contributed by atoms with Crippen LogP contribution in [0.4, 0.5) is 5.69 Å². The van der Waals surface area contributed by atoms with E-state index < -0.39 is 10.0 Å². The molecule has 0 saturated carbocycles. The number of aryl methyl sites for hydroxylation is 1. The van der Waals surface area contributed by atoms with E-state index in [1.807, 2.05) is 0 Å². The Kier molecular flexibility index (Phi) is 5.15. The summed E-state index contributed by atoms with van der Waals surface area (Å²) in [5.74, 6) is -0.213. The van der Waals surface area contributed by atoms with Gasteiger partial charge in [0.1, 0.15) is 11.4 Å². The lowest BCUT2D eigenvalue weighted by molar-refractivity contribution is -0.119. The Hall–Kier alpha value is -2.56. The fourth-order valence-corrected chi connectivity index (χ4v) is 6.60. The molecule has 0 radical (unpaired) electrons. The highest BCUT2D eigenvalue weighted by Gasteiger charge is 2.30. The van der Waals surface area contributed by atoms with Crippen molar-refractivity contribution in [1.29, 1.82) is 0 Å². The topological polar surface area (TPSA) is 92.6 Å². The smallest absolute Gasteiger partial charge is 0.262 e. The van der Waals surface area contributed by atoms with Gasteiger partial charge in [-0.25, -0.2) is 13.4 Å². The molecule has 0 spiro atoms. The molecule has 2 aromatic heterocycles. The first-order valence-electron chi connectivity index (χ1n) is 10.3. The third-order valence-electron chi connectivity index (χ3n) is 5.93. The SMILES string of the molecule is O=C(Cn1cnc2sccc2c1=O)N1CCCc2cc(S(=O)(=O)N3CCCC3)ccc21. The summed E-state index contributed by atoms with van der Waals surface area (Å²) in [6.45, 7) is 1.54. The number of anilines is 1. The number of hydrogen-bond donors (Lipinski definition) is 0. The Morgan fingerprint density at radius 1 is 1.10 bits per heavy atom. The number of benzene rings is 1. The number of carbonyl (C=O) groups excluding carboxylic acids is 1. The van der Waals surface area contributed by atoms with Crippen LogP contribution in [0, 0.1) is 0 Å². The first-order chi connectivity index (χ1) is 14.9. The van der Waals surface area contributed by atoms with E-state index in [4.69, 9.17) is 0 Å². The zero-order chi connectivity index (χ0) is 21.6. The second-order valence-electron chi connectivity index (χ2n) is 7.87. The van der Waals surface area contributed by atoms with Gasteiger partial charge in [0.25, 0.3) is 5.56 Å². The predicted molar refractivity (Wildman–Crippen MR) is 119 cm³/mol. The van der Waals surface area contributed by atoms with Crippen LogP contribution in [0.15, 0.2) is 45.7 Å². The van der Waals surface area contributed by atoms with Gasteiger partial charge in [0.2, 0.25) is 15.9 Å². The van der Waals surface area contributed by atoms with E-state index in [2.05, 4.69) is 4.98 Å². The molecule has 0 N–H and O–H groups in total. The van der Waals surface area contributed by atoms with Crippen molar-refractivity contribution in [3.05, 3.63) is 51.9 Å². The van der Waals surface area contributed by atoms with Gasteiger partial charge in [0.05, 0.1) is 16.6 Å². The fourth-order valence-electron chi connectivity index (χ4n) is 4.31. The number of nitrogens with zero attached hydrogens (tertiary/aromatic N) is 4. The minimum Gasteiger partial charge on any atom is -0.311 e. The van der Waals surface area contributed by atoms with Gasteiger partial charge in [-0.1, -0.05) is 0 Å². The molecule has 5 rings (SSSR count). The molecule has 0 bridgehead atoms. The van der Waals surface area contributed by atoms with Crippen molar-refractivity contribution in [2.24, 2.45) is 0 Å². The standard InChI is InChI=1S/C21H22N4O4S2/c26-19(13-23-14-22-20-17(21(23)27)7-11-30-20)25-10-3-4-15-12-16(5-6-18(15)25)31(28,29)24-8-1-2-9-24/h5-7,11-12,14H,1-4,8-10,13H2. The van der Waals surface area contributed by atoms with Crippen molar-refractivity contribution in [3.8, 4) is 0 Å². The second kappa shape index (κ2) is 7.85. The monoisotopic (exact) mass is 458 g/mol. The van der Waals surface area contributed by atoms with Crippen LogP contribution in [-0.2, 0) is 27.8 Å². The Labute approximate surface area is 183 Å². The van der Waals surface area contributed by atoms with Crippen molar-refractivity contribution in [2.75, 3.05) is 24.5 Å². The average Bonchev–Trinajstić information content (AvgIpc) is 3.47. The minimum atomic E-state index is -3.50. The van der Waals surface area contributed by atoms with Gasteiger partial charge in [0.15, 0.2) is 0 Å². The summed E-state index contributed by atoms with van der Waals surface area (Å²) in [5, 5.41) is 2.32. The lowest BCUT2D eigenvalue weighted by Crippen LogP contribution is -2.39. The van der Waals surface area contributed by atoms with Crippen LogP contribution in [0.1, 0.15) is 24.8 Å². The summed E-state index contributed by atoms with van der Waals surface area (Å²) in [6.07, 6.45) is 4.64. The van der Waals surface area contributed by atoms with Crippen LogP contribution < -0.4 is 10.5 Å². The Morgan fingerprint density at radius 3 is 2.71 bits per heavy atom. The maximum absolute atomic E-state index is 13.1. The number of sulfonamides is 1. The number of amides is 1. The summed E-state index contributed by atoms with van der Waals surface area (Å²) < 4.78 is 28.7. The molecule has 2 aliphatic heterocycles. The highest BCUT2D eigenvalue weighted by Crippen LogP contribution is 2.31. The molecule has 2 aliphatic rings. The fraction of sp³-hybridized carbons (Fsp3) is 0.381. The van der Waals surface area contributed by atoms with E-state index >= 15 is 0 Å². The normalized spacial score (nSPS) is 17.2. The Morgan fingerprint density at radius 2 is 1.90 bits per heavy atom. The summed E-state index contributed by atoms with van der Waals surface area (Å²) in [6, 6.07) is 6.73. The summed E-state index contributed by atoms with van der Waals surface area (Å²) in [4.78, 5) is 32.5. The lowest BCUT2D eigenvalue weighted by atomic mass is 10.0. The van der Waals surface area contributed by atoms with Gasteiger partial charge < -0.3 is 4.90 Å². The third kappa shape index (κ3) is 3.58. The van der Waals surface area contributed by atoms with E-state index in [0.29, 0.717) is 42.0 Å². The molecular formula is C21H22N4O4S2. The number of rotatable bonds is 4. The predicted octanol–water partition coefficient (Wildman–Crippen LogP) is 2.22. The summed E-state index contributed by atoms with van der Waals surface area (Å²) in [5.41, 5.74) is 1.33. The van der Waals surface area contributed by atoms with E-state index in [9.17, 15) is 18.0 Å². The lowest BCUT2D eigenvalue weighted by Gasteiger charge is -2.30. The Bertz CT molecular complexity index is 1320. The molecular weight excluding hydrogens is 436 g/mol. The molecule has 4 heterocycles. The van der Waals surface area contributed by atoms with Crippen LogP contribution in [-0.4, -0.2) is 47.8 Å². The van der Waals surface area contributed by atoms with E-state index in [1.54, 1.807) is 34.5 Å². The van der Waals surface area contributed by atoms with Gasteiger partial charge in [-0.15, -0.1) is 11.3 Å². The van der Waals surface area contributed by atoms with Crippen LogP contribution in [0.2, 0.25) is 0 Å². The highest BCUT2D eigenvalue weighted by molar-refractivity contribution is 7.89. The van der Waals surface area contributed by atoms with Crippen LogP contribution >= 0.6 is 11.3 Å². The summed E-state index contributed by atoms with van der Waals surface area (Å²) >= 11 is 1.39. The molecule has 0 atom stereocenters. The maximum Gasteiger partial charge on any atom is 0.262 e. The number of aromatic nitrogens is 2. The highest BCUT2D eigenvalue weighted by atomic mass is 32.2. The van der Waals surface area contributed by atoms with Crippen LogP contribution in [0.25, 0.3) is 10.2 Å². The zero-order valence-corrected chi connectivity index (χ0v) is 18.5. The molecule has 10 heteroatoms. The average molecular weight is 459 g/mol. The van der Waals surface area contributed by atoms with Gasteiger partial charge in [0, 0.05) is 25.3 Å². The van der Waals surface area contributed by atoms with Crippen LogP contribution in [0.3, 0.4) is 0 Å². The van der Waals surface area contributed by atoms with Crippen molar-refractivity contribution in [2.45, 2.75) is 37.1 Å². The first kappa shape index (κ1) is 20.3. The maximum atomic E-state index is 13.1. The molecule has 162 valence electrons. The molecule has 31 heavy (non-hydrogen) atoms. The molecule has 1 saturated heterocycles. The number of fused-ring (bicyclic) bond motifs is 2. The van der Waals surface area contributed by atoms with Gasteiger partial charge in [-0.2, -0.15) is 4.31 Å². The van der Waals surface area contributed by atoms with Crippen molar-refractivity contribution in [3.63, 3.8) is 0 Å². The largest absolute Gasteiger partial charge is 0.311 e. The number of hydrogen-bond acceptors (Lipinski definition) is 6. The summed E-state index contributed by atoms with van der Waals surface area (Å²) in [7, 11) is -3.50. The van der Waals surface area contributed by atoms with Crippen molar-refractivity contribution < 1.29 is 13.2 Å². The van der Waals surface area contributed by atoms with E-state index in [0.717, 1.165) is 24.8 Å². The molecule has 0 unspecified atom stereocenters. The second-order valence-corrected chi connectivity index (χ2v) is 10.7. The molecule has 1 amide bonds. The number of thiophene rings is 1. The van der Waals surface area contributed by atoms with Gasteiger partial charge in [-0.3, -0.25) is 14.2 Å². The number of carbonyl (C=O) groups is 1. The first-order valence-corrected chi connectivity index (χ1v) is 12.6. The van der Waals surface area contributed by atoms with Crippen molar-refractivity contribution in [1.82, 2.24) is 13.9 Å². The van der Waals surface area contributed by atoms with E-state index in [-0.39, 0.29) is 22.9 Å². The van der Waals surface area contributed by atoms with Gasteiger partial charge in [-0.05, 0) is 60.9 Å². The minimum absolute atomic E-state index is 0.106. The third-order valence-corrected chi connectivity index (χ3v) is 8.64. The van der Waals surface area contributed by atoms with Crippen molar-refractivity contribution >= 4 is 43.2 Å². The molecule has 0 aliphatic carbocycles. The van der Waals surface area contributed by atoms with Gasteiger partial charge >= 0.3 is 0 Å². The molecule has 1 fully saturated rings. The Balaban J connectivity index is 1.42. The molecule has 3 aromatic rings.